The van der Waals surface area contributed by atoms with Crippen molar-refractivity contribution >= 4 is 23.5 Å². The van der Waals surface area contributed by atoms with E-state index in [0.29, 0.717) is 28.3 Å². The second kappa shape index (κ2) is 10.2. The molecule has 8 unspecified atom stereocenters. The molecule has 4 nitrogen and oxygen atoms in total. The van der Waals surface area contributed by atoms with E-state index in [1.165, 1.54) is 69.5 Å². The number of carboxylic acids is 1. The fourth-order valence-corrected chi connectivity index (χ4v) is 8.81. The van der Waals surface area contributed by atoms with Gasteiger partial charge >= 0.3 is 5.97 Å². The highest BCUT2D eigenvalue weighted by atomic mass is 32.2. The lowest BCUT2D eigenvalue weighted by Crippen LogP contribution is -2.53. The first-order valence-corrected chi connectivity index (χ1v) is 13.7. The molecule has 0 aliphatic heterocycles. The first-order chi connectivity index (χ1) is 14.6. The number of hydrogen-bond acceptors (Lipinski definition) is 4. The Bertz CT molecular complexity index is 651. The number of aliphatic carboxylic acids is 1. The number of fused-ring (bicyclic) bond motifs is 5. The van der Waals surface area contributed by atoms with E-state index in [9.17, 15) is 9.59 Å². The molecule has 5 heteroatoms. The number of rotatable bonds is 5. The molecule has 4 aliphatic carbocycles. The van der Waals surface area contributed by atoms with Crippen LogP contribution in [-0.2, 0) is 9.59 Å². The van der Waals surface area contributed by atoms with Crippen LogP contribution in [0.25, 0.3) is 0 Å². The summed E-state index contributed by atoms with van der Waals surface area (Å²) in [4.78, 5) is 22.0. The van der Waals surface area contributed by atoms with E-state index in [2.05, 4.69) is 20.8 Å². The van der Waals surface area contributed by atoms with Gasteiger partial charge in [0.2, 0.25) is 0 Å². The summed E-state index contributed by atoms with van der Waals surface area (Å²) in [5, 5.41) is 16.2. The van der Waals surface area contributed by atoms with Crippen LogP contribution in [0.4, 0.5) is 0 Å². The van der Waals surface area contributed by atoms with Gasteiger partial charge < -0.3 is 10.2 Å². The van der Waals surface area contributed by atoms with E-state index in [1.807, 2.05) is 6.92 Å². The van der Waals surface area contributed by atoms with E-state index >= 15 is 0 Å². The number of Topliss-reactive ketones (excluding diaryl/α,β-unsaturated/α-hetero) is 1. The molecule has 0 spiro atoms. The Morgan fingerprint density at radius 1 is 0.968 bits per heavy atom. The minimum absolute atomic E-state index is 0.0535. The molecular weight excluding hydrogens is 408 g/mol. The molecule has 2 N–H and O–H groups in total. The van der Waals surface area contributed by atoms with Crippen molar-refractivity contribution in [2.45, 2.75) is 85.5 Å². The van der Waals surface area contributed by atoms with Crippen LogP contribution in [0.2, 0.25) is 0 Å². The highest BCUT2D eigenvalue weighted by molar-refractivity contribution is 7.99. The Labute approximate surface area is 193 Å². The first kappa shape index (κ1) is 25.1. The smallest absolute Gasteiger partial charge is 0.313 e. The normalized spacial score (nSPS) is 43.6. The number of hydrogen-bond donors (Lipinski definition) is 2. The standard InChI is InChI=1S/C22H36O.C4H8O3S/c1-14-9-11-21(3)16(13-14)5-6-17-19-8-7-18(15(2)23)22(19,4)12-10-20(17)21;5-1-2-8-3-4(6)7/h14,16-20H,5-13H2,1-4H3;5H,1-3H2,(H,6,7). The van der Waals surface area contributed by atoms with Crippen molar-refractivity contribution in [2.75, 3.05) is 18.1 Å². The molecule has 0 aromatic heterocycles. The molecule has 0 bridgehead atoms. The highest BCUT2D eigenvalue weighted by Gasteiger charge is 2.60. The van der Waals surface area contributed by atoms with Gasteiger partial charge in [0.25, 0.3) is 0 Å². The molecule has 4 rings (SSSR count). The second-order valence-electron chi connectivity index (χ2n) is 11.5. The molecule has 0 heterocycles. The molecule has 0 aromatic carbocycles. The third-order valence-electron chi connectivity index (χ3n) is 9.88. The van der Waals surface area contributed by atoms with Crippen molar-refractivity contribution < 1.29 is 19.8 Å². The Morgan fingerprint density at radius 2 is 1.65 bits per heavy atom. The summed E-state index contributed by atoms with van der Waals surface area (Å²) < 4.78 is 0. The lowest BCUT2D eigenvalue weighted by molar-refractivity contribution is -0.135. The second-order valence-corrected chi connectivity index (χ2v) is 12.6. The van der Waals surface area contributed by atoms with Gasteiger partial charge in [0, 0.05) is 11.7 Å². The van der Waals surface area contributed by atoms with Crippen LogP contribution < -0.4 is 0 Å². The van der Waals surface area contributed by atoms with E-state index in [4.69, 9.17) is 10.2 Å². The SMILES string of the molecule is CC(=O)C1CCC2C3CCC4CC(C)CCC4(C)C3CCC12C.O=C(O)CSCCO. The van der Waals surface area contributed by atoms with Crippen molar-refractivity contribution in [3.05, 3.63) is 0 Å². The summed E-state index contributed by atoms with van der Waals surface area (Å²) in [6.07, 6.45) is 12.6. The zero-order chi connectivity index (χ0) is 22.8. The van der Waals surface area contributed by atoms with Gasteiger partial charge in [-0.05, 0) is 98.7 Å². The monoisotopic (exact) mass is 452 g/mol. The van der Waals surface area contributed by atoms with E-state index in [0.717, 1.165) is 29.6 Å². The average Bonchev–Trinajstić information content (AvgIpc) is 3.06. The zero-order valence-electron chi connectivity index (χ0n) is 20.1. The van der Waals surface area contributed by atoms with E-state index in [1.54, 1.807) is 0 Å². The number of ketones is 1. The number of thioether (sulfide) groups is 1. The van der Waals surface area contributed by atoms with Gasteiger partial charge in [-0.3, -0.25) is 9.59 Å². The Morgan fingerprint density at radius 3 is 2.29 bits per heavy atom. The van der Waals surface area contributed by atoms with E-state index < -0.39 is 5.97 Å². The van der Waals surface area contributed by atoms with Crippen molar-refractivity contribution in [2.24, 2.45) is 46.3 Å². The number of aliphatic hydroxyl groups is 1. The Balaban J connectivity index is 0.000000293. The summed E-state index contributed by atoms with van der Waals surface area (Å²) in [5.74, 6) is 5.26. The summed E-state index contributed by atoms with van der Waals surface area (Å²) in [6.45, 7) is 9.51. The largest absolute Gasteiger partial charge is 0.481 e. The zero-order valence-corrected chi connectivity index (χ0v) is 20.9. The summed E-state index contributed by atoms with van der Waals surface area (Å²) in [7, 11) is 0. The van der Waals surface area contributed by atoms with Gasteiger partial charge in [0.05, 0.1) is 12.4 Å². The van der Waals surface area contributed by atoms with Crippen molar-refractivity contribution in [3.63, 3.8) is 0 Å². The maximum absolute atomic E-state index is 12.2. The van der Waals surface area contributed by atoms with Gasteiger partial charge in [-0.25, -0.2) is 0 Å². The minimum Gasteiger partial charge on any atom is -0.481 e. The van der Waals surface area contributed by atoms with Crippen LogP contribution in [0.1, 0.15) is 85.5 Å². The topological polar surface area (TPSA) is 74.6 Å². The Kier molecular flexibility index (Phi) is 8.22. The minimum atomic E-state index is -0.830. The molecule has 178 valence electrons. The molecule has 0 saturated heterocycles. The van der Waals surface area contributed by atoms with Gasteiger partial charge in [-0.15, -0.1) is 11.8 Å². The quantitative estimate of drug-likeness (QED) is 0.526. The summed E-state index contributed by atoms with van der Waals surface area (Å²) >= 11 is 1.21. The molecule has 0 aromatic rings. The van der Waals surface area contributed by atoms with Crippen molar-refractivity contribution in [1.29, 1.82) is 0 Å². The van der Waals surface area contributed by atoms with Gasteiger partial charge in [-0.2, -0.15) is 0 Å². The van der Waals surface area contributed by atoms with Crippen molar-refractivity contribution in [1.82, 2.24) is 0 Å². The predicted octanol–water partition coefficient (Wildman–Crippen LogP) is 5.67. The lowest BCUT2D eigenvalue weighted by Gasteiger charge is -2.61. The number of carbonyl (C=O) groups is 2. The van der Waals surface area contributed by atoms with Crippen LogP contribution in [-0.4, -0.2) is 40.1 Å². The number of aliphatic hydroxyl groups excluding tert-OH is 1. The van der Waals surface area contributed by atoms with Crippen LogP contribution >= 0.6 is 11.8 Å². The fourth-order valence-electron chi connectivity index (χ4n) is 8.36. The van der Waals surface area contributed by atoms with Crippen LogP contribution in [0.3, 0.4) is 0 Å². The summed E-state index contributed by atoms with van der Waals surface area (Å²) in [5.41, 5.74) is 0.948. The fraction of sp³-hybridized carbons (Fsp3) is 0.923. The van der Waals surface area contributed by atoms with Crippen LogP contribution in [0.5, 0.6) is 0 Å². The first-order valence-electron chi connectivity index (χ1n) is 12.5. The molecule has 8 atom stereocenters. The lowest BCUT2D eigenvalue weighted by atomic mass is 9.44. The predicted molar refractivity (Wildman–Crippen MR) is 127 cm³/mol. The van der Waals surface area contributed by atoms with Gasteiger partial charge in [-0.1, -0.05) is 27.2 Å². The molecule has 4 aliphatic rings. The maximum atomic E-state index is 12.2. The van der Waals surface area contributed by atoms with Crippen molar-refractivity contribution in [3.8, 4) is 0 Å². The van der Waals surface area contributed by atoms with E-state index in [-0.39, 0.29) is 12.4 Å². The summed E-state index contributed by atoms with van der Waals surface area (Å²) in [6, 6.07) is 0. The molecule has 31 heavy (non-hydrogen) atoms. The number of carboxylic acid groups (broad SMARTS) is 1. The van der Waals surface area contributed by atoms with Gasteiger partial charge in [0.1, 0.15) is 5.78 Å². The molecule has 4 saturated carbocycles. The van der Waals surface area contributed by atoms with Crippen LogP contribution in [0.15, 0.2) is 0 Å². The van der Waals surface area contributed by atoms with Crippen LogP contribution in [0, 0.1) is 46.3 Å². The third-order valence-corrected chi connectivity index (χ3v) is 10.8. The maximum Gasteiger partial charge on any atom is 0.313 e. The average molecular weight is 453 g/mol. The number of carbonyl (C=O) groups excluding carboxylic acids is 1. The molecule has 4 fully saturated rings. The Hall–Kier alpha value is -0.550. The van der Waals surface area contributed by atoms with Gasteiger partial charge in [0.15, 0.2) is 0 Å². The molecule has 0 radical (unpaired) electrons. The molecular formula is C26H44O4S. The highest BCUT2D eigenvalue weighted by Crippen LogP contribution is 2.67. The molecule has 0 amide bonds. The third kappa shape index (κ3) is 5.03.